The molecule has 0 aliphatic carbocycles. The Morgan fingerprint density at radius 2 is 1.82 bits per heavy atom. The second-order valence-corrected chi connectivity index (χ2v) is 7.82. The van der Waals surface area contributed by atoms with E-state index in [4.69, 9.17) is 19.8 Å². The summed E-state index contributed by atoms with van der Waals surface area (Å²) in [6.45, 7) is 4.92. The standard InChI is InChI=1S/C24H28N2O7/c1-16(28)17-7-9-19(10-8-17)25-23(30)33-22(24(2,3)12-11-21(29)26-31)18-5-4-6-20(15-18)32-14-13-27/h4-12,15,22,27,31H,13-14H2,1-3H3,(H,25,30)(H,26,29)/b12-11+/t22-/m1/s1. The number of hydroxylamine groups is 1. The Morgan fingerprint density at radius 3 is 2.42 bits per heavy atom. The molecule has 0 unspecified atom stereocenters. The van der Waals surface area contributed by atoms with Crippen molar-refractivity contribution in [1.82, 2.24) is 5.48 Å². The average molecular weight is 456 g/mol. The van der Waals surface area contributed by atoms with Gasteiger partial charge in [0.25, 0.3) is 5.91 Å². The molecule has 0 saturated carbocycles. The monoisotopic (exact) mass is 456 g/mol. The highest BCUT2D eigenvalue weighted by molar-refractivity contribution is 5.95. The van der Waals surface area contributed by atoms with Gasteiger partial charge in [-0.1, -0.05) is 32.1 Å². The third kappa shape index (κ3) is 7.74. The molecule has 4 N–H and O–H groups in total. The Hall–Kier alpha value is -3.69. The molecule has 0 aliphatic rings. The summed E-state index contributed by atoms with van der Waals surface area (Å²) in [5, 5.41) is 20.4. The van der Waals surface area contributed by atoms with E-state index in [9.17, 15) is 14.4 Å². The first-order chi connectivity index (χ1) is 15.7. The van der Waals surface area contributed by atoms with E-state index in [-0.39, 0.29) is 19.0 Å². The maximum Gasteiger partial charge on any atom is 0.412 e. The van der Waals surface area contributed by atoms with Crippen molar-refractivity contribution in [3.8, 4) is 5.75 Å². The Bertz CT molecular complexity index is 1000. The minimum Gasteiger partial charge on any atom is -0.491 e. The van der Waals surface area contributed by atoms with Gasteiger partial charge in [-0.15, -0.1) is 0 Å². The number of carbonyl (C=O) groups excluding carboxylic acids is 3. The molecule has 0 bridgehead atoms. The zero-order valence-corrected chi connectivity index (χ0v) is 18.7. The van der Waals surface area contributed by atoms with Crippen molar-refractivity contribution in [3.05, 3.63) is 71.8 Å². The van der Waals surface area contributed by atoms with Gasteiger partial charge >= 0.3 is 6.09 Å². The first kappa shape index (κ1) is 25.6. The number of carbonyl (C=O) groups is 3. The molecule has 0 heterocycles. The Kier molecular flexibility index (Phi) is 9.14. The number of hydrogen-bond donors (Lipinski definition) is 4. The number of amides is 2. The molecule has 0 aliphatic heterocycles. The second kappa shape index (κ2) is 11.8. The highest BCUT2D eigenvalue weighted by Gasteiger charge is 2.33. The fraction of sp³-hybridized carbons (Fsp3) is 0.292. The number of aliphatic hydroxyl groups is 1. The molecule has 9 nitrogen and oxygen atoms in total. The molecule has 0 radical (unpaired) electrons. The normalized spacial score (nSPS) is 12.2. The number of hydrogen-bond acceptors (Lipinski definition) is 7. The van der Waals surface area contributed by atoms with Crippen LogP contribution in [0.2, 0.25) is 0 Å². The SMILES string of the molecule is CC(=O)c1ccc(NC(=O)O[C@H](c2cccc(OCCO)c2)C(C)(C)/C=C/C(=O)NO)cc1. The van der Waals surface area contributed by atoms with Crippen LogP contribution >= 0.6 is 0 Å². The summed E-state index contributed by atoms with van der Waals surface area (Å²) < 4.78 is 11.2. The van der Waals surface area contributed by atoms with E-state index < -0.39 is 23.5 Å². The highest BCUT2D eigenvalue weighted by atomic mass is 16.6. The fourth-order valence-corrected chi connectivity index (χ4v) is 3.04. The lowest BCUT2D eigenvalue weighted by molar-refractivity contribution is -0.124. The predicted molar refractivity (Wildman–Crippen MR) is 121 cm³/mol. The van der Waals surface area contributed by atoms with Crippen molar-refractivity contribution in [2.45, 2.75) is 26.9 Å². The lowest BCUT2D eigenvalue weighted by Crippen LogP contribution is -2.28. The third-order valence-electron chi connectivity index (χ3n) is 4.73. The minimum absolute atomic E-state index is 0.0899. The number of nitrogens with one attached hydrogen (secondary N) is 2. The molecule has 1 atom stereocenters. The molecule has 0 aromatic heterocycles. The van der Waals surface area contributed by atoms with Gasteiger partial charge in [0.15, 0.2) is 5.78 Å². The number of Topliss-reactive ketones (excluding diaryl/α,β-unsaturated/α-hetero) is 1. The molecule has 2 rings (SSSR count). The van der Waals surface area contributed by atoms with Crippen molar-refractivity contribution < 1.29 is 34.2 Å². The molecule has 0 spiro atoms. The number of ether oxygens (including phenoxy) is 2. The van der Waals surface area contributed by atoms with Crippen molar-refractivity contribution in [1.29, 1.82) is 0 Å². The van der Waals surface area contributed by atoms with E-state index in [1.54, 1.807) is 62.4 Å². The van der Waals surface area contributed by atoms with Crippen LogP contribution in [0, 0.1) is 5.41 Å². The summed E-state index contributed by atoms with van der Waals surface area (Å²) in [6, 6.07) is 13.2. The van der Waals surface area contributed by atoms with Crippen LogP contribution in [0.25, 0.3) is 0 Å². The predicted octanol–water partition coefficient (Wildman–Crippen LogP) is 3.64. The number of aliphatic hydroxyl groups excluding tert-OH is 1. The summed E-state index contributed by atoms with van der Waals surface area (Å²) in [7, 11) is 0. The first-order valence-electron chi connectivity index (χ1n) is 10.2. The number of benzene rings is 2. The number of anilines is 1. The summed E-state index contributed by atoms with van der Waals surface area (Å²) in [5.41, 5.74) is 2.19. The molecule has 2 amide bonds. The van der Waals surface area contributed by atoms with Gasteiger partial charge in [0.05, 0.1) is 6.61 Å². The lowest BCUT2D eigenvalue weighted by atomic mass is 9.82. The summed E-state index contributed by atoms with van der Waals surface area (Å²) in [4.78, 5) is 35.6. The van der Waals surface area contributed by atoms with Crippen LogP contribution in [0.1, 0.15) is 42.8 Å². The molecule has 0 saturated heterocycles. The van der Waals surface area contributed by atoms with Crippen LogP contribution in [0.5, 0.6) is 5.75 Å². The van der Waals surface area contributed by atoms with Gasteiger partial charge in [-0.05, 0) is 48.9 Å². The Labute approximate surface area is 192 Å². The molecular formula is C24H28N2O7. The maximum atomic E-state index is 12.7. The van der Waals surface area contributed by atoms with Crippen LogP contribution in [0.15, 0.2) is 60.7 Å². The second-order valence-electron chi connectivity index (χ2n) is 7.82. The molecular weight excluding hydrogens is 428 g/mol. The quantitative estimate of drug-likeness (QED) is 0.186. The summed E-state index contributed by atoms with van der Waals surface area (Å²) in [5.74, 6) is -0.340. The van der Waals surface area contributed by atoms with E-state index in [1.807, 2.05) is 0 Å². The molecule has 176 valence electrons. The van der Waals surface area contributed by atoms with Gasteiger partial charge in [0, 0.05) is 22.7 Å². The van der Waals surface area contributed by atoms with Crippen molar-refractivity contribution in [2.24, 2.45) is 5.41 Å². The highest BCUT2D eigenvalue weighted by Crippen LogP contribution is 2.39. The molecule has 2 aromatic rings. The molecule has 0 fully saturated rings. The van der Waals surface area contributed by atoms with Crippen molar-refractivity contribution >= 4 is 23.5 Å². The first-order valence-corrected chi connectivity index (χ1v) is 10.2. The molecule has 9 heteroatoms. The average Bonchev–Trinajstić information content (AvgIpc) is 2.80. The Morgan fingerprint density at radius 1 is 1.12 bits per heavy atom. The summed E-state index contributed by atoms with van der Waals surface area (Å²) >= 11 is 0. The van der Waals surface area contributed by atoms with Crippen LogP contribution in [-0.2, 0) is 9.53 Å². The third-order valence-corrected chi connectivity index (χ3v) is 4.73. The van der Waals surface area contributed by atoms with Crippen LogP contribution in [-0.4, -0.2) is 41.3 Å². The molecule has 33 heavy (non-hydrogen) atoms. The largest absolute Gasteiger partial charge is 0.491 e. The number of rotatable bonds is 10. The van der Waals surface area contributed by atoms with Gasteiger partial charge in [-0.25, -0.2) is 10.3 Å². The van der Waals surface area contributed by atoms with E-state index in [2.05, 4.69) is 5.32 Å². The van der Waals surface area contributed by atoms with Gasteiger partial charge < -0.3 is 14.6 Å². The smallest absolute Gasteiger partial charge is 0.412 e. The van der Waals surface area contributed by atoms with E-state index in [0.717, 1.165) is 6.08 Å². The maximum absolute atomic E-state index is 12.7. The van der Waals surface area contributed by atoms with Gasteiger partial charge in [-0.2, -0.15) is 0 Å². The van der Waals surface area contributed by atoms with E-state index >= 15 is 0 Å². The van der Waals surface area contributed by atoms with E-state index in [1.165, 1.54) is 18.5 Å². The van der Waals surface area contributed by atoms with Gasteiger partial charge in [0.1, 0.15) is 18.5 Å². The van der Waals surface area contributed by atoms with Crippen molar-refractivity contribution in [2.75, 3.05) is 18.5 Å². The molecule has 2 aromatic carbocycles. The lowest BCUT2D eigenvalue weighted by Gasteiger charge is -2.32. The van der Waals surface area contributed by atoms with Crippen LogP contribution in [0.3, 0.4) is 0 Å². The van der Waals surface area contributed by atoms with Gasteiger partial charge in [0.2, 0.25) is 0 Å². The van der Waals surface area contributed by atoms with E-state index in [0.29, 0.717) is 22.6 Å². The topological polar surface area (TPSA) is 134 Å². The Balaban J connectivity index is 2.30. The van der Waals surface area contributed by atoms with Crippen molar-refractivity contribution in [3.63, 3.8) is 0 Å². The fourth-order valence-electron chi connectivity index (χ4n) is 3.04. The number of ketones is 1. The minimum atomic E-state index is -0.877. The zero-order chi connectivity index (χ0) is 24.4. The van der Waals surface area contributed by atoms with Crippen LogP contribution < -0.4 is 15.5 Å². The van der Waals surface area contributed by atoms with Crippen LogP contribution in [0.4, 0.5) is 10.5 Å². The van der Waals surface area contributed by atoms with Gasteiger partial charge in [-0.3, -0.25) is 20.1 Å². The zero-order valence-electron chi connectivity index (χ0n) is 18.7. The summed E-state index contributed by atoms with van der Waals surface area (Å²) in [6.07, 6.45) is 1.06.